The first-order valence-electron chi connectivity index (χ1n) is 6.63. The zero-order valence-electron chi connectivity index (χ0n) is 12.3. The second-order valence-electron chi connectivity index (χ2n) is 4.63. The summed E-state index contributed by atoms with van der Waals surface area (Å²) in [5.41, 5.74) is 1.46. The Morgan fingerprint density at radius 1 is 1.32 bits per heavy atom. The van der Waals surface area contributed by atoms with Gasteiger partial charge in [-0.25, -0.2) is 0 Å². The molecule has 22 heavy (non-hydrogen) atoms. The number of nitrogens with one attached hydrogen (secondary N) is 1. The maximum atomic E-state index is 12.1. The minimum absolute atomic E-state index is 0.146. The fourth-order valence-electron chi connectivity index (χ4n) is 1.89. The Bertz CT molecular complexity index is 625. The summed E-state index contributed by atoms with van der Waals surface area (Å²) in [5.74, 6) is -0.454. The van der Waals surface area contributed by atoms with E-state index < -0.39 is 0 Å². The van der Waals surface area contributed by atoms with Gasteiger partial charge in [-0.2, -0.15) is 0 Å². The van der Waals surface area contributed by atoms with E-state index in [4.69, 9.17) is 4.74 Å². The number of nitrogens with zero attached hydrogens (tertiary/aromatic N) is 1. The van der Waals surface area contributed by atoms with Crippen molar-refractivity contribution in [3.63, 3.8) is 0 Å². The van der Waals surface area contributed by atoms with Crippen molar-refractivity contribution in [2.75, 3.05) is 25.6 Å². The Balaban J connectivity index is 2.11. The van der Waals surface area contributed by atoms with Crippen molar-refractivity contribution in [2.45, 2.75) is 6.92 Å². The van der Waals surface area contributed by atoms with Crippen molar-refractivity contribution >= 4 is 40.6 Å². The molecular formula is C15H16N2O4S. The molecule has 0 aliphatic carbocycles. The van der Waals surface area contributed by atoms with E-state index in [1.54, 1.807) is 30.3 Å². The summed E-state index contributed by atoms with van der Waals surface area (Å²) in [6.45, 7) is 2.00. The predicted octanol–water partition coefficient (Wildman–Crippen LogP) is 2.33. The average molecular weight is 320 g/mol. The number of carbonyl (C=O) groups is 3. The molecule has 0 spiro atoms. The van der Waals surface area contributed by atoms with Crippen LogP contribution in [0.15, 0.2) is 29.2 Å². The largest absolute Gasteiger partial charge is 0.383 e. The molecule has 0 aromatic heterocycles. The van der Waals surface area contributed by atoms with Crippen LogP contribution < -0.4 is 5.32 Å². The van der Waals surface area contributed by atoms with Gasteiger partial charge in [0.2, 0.25) is 5.91 Å². The van der Waals surface area contributed by atoms with Gasteiger partial charge in [-0.1, -0.05) is 12.1 Å². The van der Waals surface area contributed by atoms with Gasteiger partial charge in [0.1, 0.15) is 0 Å². The average Bonchev–Trinajstić information content (AvgIpc) is 2.73. The molecule has 1 fully saturated rings. The lowest BCUT2D eigenvalue weighted by Crippen LogP contribution is -2.31. The molecule has 1 aliphatic rings. The number of imide groups is 1. The van der Waals surface area contributed by atoms with E-state index in [0.29, 0.717) is 17.2 Å². The molecule has 1 heterocycles. The van der Waals surface area contributed by atoms with Crippen LogP contribution in [-0.2, 0) is 14.3 Å². The standard InChI is InChI=1S/C15H16N2O4S/c1-10(18)16-12-5-3-11(4-6-12)9-13-14(19)17(7-8-21-2)15(20)22-13/h3-6,9H,7-8H2,1-2H3,(H,16,18)/b13-9-. The number of amides is 3. The van der Waals surface area contributed by atoms with Crippen molar-refractivity contribution < 1.29 is 19.1 Å². The van der Waals surface area contributed by atoms with Gasteiger partial charge in [-0.05, 0) is 35.5 Å². The summed E-state index contributed by atoms with van der Waals surface area (Å²) >= 11 is 0.915. The SMILES string of the molecule is COCCN1C(=O)S/C(=C\c2ccc(NC(C)=O)cc2)C1=O. The van der Waals surface area contributed by atoms with E-state index in [9.17, 15) is 14.4 Å². The van der Waals surface area contributed by atoms with Gasteiger partial charge in [0.05, 0.1) is 18.1 Å². The highest BCUT2D eigenvalue weighted by Crippen LogP contribution is 2.32. The van der Waals surface area contributed by atoms with Gasteiger partial charge in [0.15, 0.2) is 0 Å². The predicted molar refractivity (Wildman–Crippen MR) is 85.3 cm³/mol. The normalized spacial score (nSPS) is 16.5. The van der Waals surface area contributed by atoms with Crippen LogP contribution in [0, 0.1) is 0 Å². The molecule has 1 aliphatic heterocycles. The Morgan fingerprint density at radius 2 is 2.00 bits per heavy atom. The summed E-state index contributed by atoms with van der Waals surface area (Å²) in [5, 5.41) is 2.37. The second kappa shape index (κ2) is 7.24. The first-order valence-corrected chi connectivity index (χ1v) is 7.45. The number of benzene rings is 1. The van der Waals surface area contributed by atoms with Crippen LogP contribution in [0.3, 0.4) is 0 Å². The lowest BCUT2D eigenvalue weighted by molar-refractivity contribution is -0.123. The van der Waals surface area contributed by atoms with Gasteiger partial charge in [0.25, 0.3) is 11.1 Å². The van der Waals surface area contributed by atoms with Gasteiger partial charge in [-0.3, -0.25) is 19.3 Å². The second-order valence-corrected chi connectivity index (χ2v) is 5.62. The molecule has 7 heteroatoms. The smallest absolute Gasteiger partial charge is 0.293 e. The highest BCUT2D eigenvalue weighted by Gasteiger charge is 2.34. The first kappa shape index (κ1) is 16.3. The van der Waals surface area contributed by atoms with Crippen LogP contribution >= 0.6 is 11.8 Å². The van der Waals surface area contributed by atoms with Crippen molar-refractivity contribution in [1.82, 2.24) is 4.90 Å². The maximum Gasteiger partial charge on any atom is 0.293 e. The molecule has 116 valence electrons. The van der Waals surface area contributed by atoms with Gasteiger partial charge in [0, 0.05) is 19.7 Å². The van der Waals surface area contributed by atoms with Crippen molar-refractivity contribution in [1.29, 1.82) is 0 Å². The monoisotopic (exact) mass is 320 g/mol. The van der Waals surface area contributed by atoms with Crippen LogP contribution in [0.5, 0.6) is 0 Å². The van der Waals surface area contributed by atoms with Gasteiger partial charge in [-0.15, -0.1) is 0 Å². The van der Waals surface area contributed by atoms with E-state index in [0.717, 1.165) is 17.3 Å². The maximum absolute atomic E-state index is 12.1. The quantitative estimate of drug-likeness (QED) is 0.843. The molecule has 0 unspecified atom stereocenters. The van der Waals surface area contributed by atoms with Crippen LogP contribution in [0.25, 0.3) is 6.08 Å². The van der Waals surface area contributed by atoms with Crippen LogP contribution in [0.1, 0.15) is 12.5 Å². The summed E-state index contributed by atoms with van der Waals surface area (Å²) in [6.07, 6.45) is 1.66. The molecule has 2 rings (SSSR count). The number of thioether (sulfide) groups is 1. The van der Waals surface area contributed by atoms with Crippen LogP contribution in [-0.4, -0.2) is 42.2 Å². The fraction of sp³-hybridized carbons (Fsp3) is 0.267. The molecule has 1 aromatic rings. The van der Waals surface area contributed by atoms with E-state index in [1.807, 2.05) is 0 Å². The van der Waals surface area contributed by atoms with E-state index >= 15 is 0 Å². The zero-order chi connectivity index (χ0) is 16.1. The number of methoxy groups -OCH3 is 1. The molecule has 0 bridgehead atoms. The zero-order valence-corrected chi connectivity index (χ0v) is 13.1. The number of carbonyl (C=O) groups excluding carboxylic acids is 3. The fourth-order valence-corrected chi connectivity index (χ4v) is 2.76. The molecule has 3 amide bonds. The molecule has 0 atom stereocenters. The van der Waals surface area contributed by atoms with Crippen LogP contribution in [0.2, 0.25) is 0 Å². The van der Waals surface area contributed by atoms with Crippen molar-refractivity contribution in [3.8, 4) is 0 Å². The molecule has 1 aromatic carbocycles. The Hall–Kier alpha value is -2.12. The number of anilines is 1. The minimum Gasteiger partial charge on any atom is -0.383 e. The third-order valence-corrected chi connectivity index (χ3v) is 3.83. The lowest BCUT2D eigenvalue weighted by atomic mass is 10.2. The van der Waals surface area contributed by atoms with Crippen LogP contribution in [0.4, 0.5) is 10.5 Å². The number of hydrogen-bond donors (Lipinski definition) is 1. The molecule has 6 nitrogen and oxygen atoms in total. The lowest BCUT2D eigenvalue weighted by Gasteiger charge is -2.10. The number of rotatable bonds is 5. The Morgan fingerprint density at radius 3 is 2.59 bits per heavy atom. The summed E-state index contributed by atoms with van der Waals surface area (Å²) in [4.78, 5) is 36.4. The number of hydrogen-bond acceptors (Lipinski definition) is 5. The summed E-state index contributed by atoms with van der Waals surface area (Å²) < 4.78 is 4.89. The highest BCUT2D eigenvalue weighted by molar-refractivity contribution is 8.18. The van der Waals surface area contributed by atoms with Gasteiger partial charge < -0.3 is 10.1 Å². The Kier molecular flexibility index (Phi) is 5.35. The van der Waals surface area contributed by atoms with E-state index in [-0.39, 0.29) is 23.6 Å². The molecular weight excluding hydrogens is 304 g/mol. The van der Waals surface area contributed by atoms with Crippen molar-refractivity contribution in [2.24, 2.45) is 0 Å². The van der Waals surface area contributed by atoms with E-state index in [1.165, 1.54) is 18.9 Å². The van der Waals surface area contributed by atoms with Crippen molar-refractivity contribution in [3.05, 3.63) is 34.7 Å². The minimum atomic E-state index is -0.307. The highest BCUT2D eigenvalue weighted by atomic mass is 32.2. The third-order valence-electron chi connectivity index (χ3n) is 2.92. The summed E-state index contributed by atoms with van der Waals surface area (Å²) in [6, 6.07) is 7.02. The summed E-state index contributed by atoms with van der Waals surface area (Å²) in [7, 11) is 1.52. The Labute approximate surface area is 132 Å². The topological polar surface area (TPSA) is 75.7 Å². The third kappa shape index (κ3) is 3.96. The first-order chi connectivity index (χ1) is 10.5. The molecule has 1 N–H and O–H groups in total. The molecule has 0 radical (unpaired) electrons. The van der Waals surface area contributed by atoms with Gasteiger partial charge >= 0.3 is 0 Å². The van der Waals surface area contributed by atoms with E-state index in [2.05, 4.69) is 5.32 Å². The number of ether oxygens (including phenoxy) is 1. The molecule has 0 saturated carbocycles. The molecule has 1 saturated heterocycles.